The van der Waals surface area contributed by atoms with Crippen LogP contribution in [0.1, 0.15) is 25.8 Å². The molecule has 0 N–H and O–H groups in total. The summed E-state index contributed by atoms with van der Waals surface area (Å²) in [6.45, 7) is 14.0. The largest absolute Gasteiger partial charge is 0.220 e. The fraction of sp³-hybridized carbons (Fsp3) is 0.400. The number of halogens is 1. The van der Waals surface area contributed by atoms with Crippen LogP contribution in [0.4, 0.5) is 0 Å². The van der Waals surface area contributed by atoms with Crippen molar-refractivity contribution in [3.05, 3.63) is 54.1 Å². The topological polar surface area (TPSA) is 0 Å². The second kappa shape index (κ2) is 6.96. The fourth-order valence-electron chi connectivity index (χ4n) is 3.12. The molecule has 2 rings (SSSR count). The molecule has 0 saturated heterocycles. The van der Waals surface area contributed by atoms with Crippen molar-refractivity contribution in [1.82, 2.24) is 0 Å². The molecule has 124 valence electrons. The highest BCUT2D eigenvalue weighted by molar-refractivity contribution is 7.34. The first-order valence-electron chi connectivity index (χ1n) is 8.56. The van der Waals surface area contributed by atoms with Crippen LogP contribution >= 0.6 is 11.1 Å². The summed E-state index contributed by atoms with van der Waals surface area (Å²) >= 11 is 7.49. The predicted molar refractivity (Wildman–Crippen MR) is 111 cm³/mol. The standard InChI is InChI=1S/C20H29ClSi2/c1-7-17(3)23(21,18-11-9-8-10-12-18)20-14-16(2)13-19(15-20)22(4,5)6/h8-15,17H,7H2,1-6H3. The third-order valence-electron chi connectivity index (χ3n) is 4.85. The lowest BCUT2D eigenvalue weighted by Gasteiger charge is -2.33. The van der Waals surface area contributed by atoms with E-state index in [1.54, 1.807) is 0 Å². The molecular weight excluding hydrogens is 332 g/mol. The monoisotopic (exact) mass is 360 g/mol. The Hall–Kier alpha value is -0.836. The SMILES string of the molecule is CCC(C)[Si](Cl)(c1ccccc1)c1cc(C)cc([Si](C)(C)C)c1. The van der Waals surface area contributed by atoms with Crippen LogP contribution in [-0.4, -0.2) is 15.5 Å². The maximum atomic E-state index is 7.49. The fourth-order valence-corrected chi connectivity index (χ4v) is 9.20. The summed E-state index contributed by atoms with van der Waals surface area (Å²) in [4.78, 5) is 0. The van der Waals surface area contributed by atoms with Gasteiger partial charge in [-0.3, -0.25) is 0 Å². The van der Waals surface area contributed by atoms with Gasteiger partial charge in [0.25, 0.3) is 0 Å². The zero-order chi connectivity index (χ0) is 17.3. The summed E-state index contributed by atoms with van der Waals surface area (Å²) in [5, 5.41) is 4.24. The Kier molecular flexibility index (Phi) is 5.60. The van der Waals surface area contributed by atoms with Crippen LogP contribution < -0.4 is 15.6 Å². The molecule has 0 aliphatic carbocycles. The van der Waals surface area contributed by atoms with E-state index in [0.29, 0.717) is 5.54 Å². The van der Waals surface area contributed by atoms with Crippen LogP contribution in [0.5, 0.6) is 0 Å². The molecule has 3 heteroatoms. The van der Waals surface area contributed by atoms with Gasteiger partial charge in [0.15, 0.2) is 0 Å². The smallest absolute Gasteiger partial charge is 0.155 e. The Labute approximate surface area is 148 Å². The van der Waals surface area contributed by atoms with Gasteiger partial charge in [0.1, 0.15) is 0 Å². The Bertz CT molecular complexity index is 661. The summed E-state index contributed by atoms with van der Waals surface area (Å²) in [5.74, 6) is 0. The maximum absolute atomic E-state index is 7.49. The maximum Gasteiger partial charge on any atom is 0.220 e. The predicted octanol–water partition coefficient (Wildman–Crippen LogP) is 4.64. The minimum atomic E-state index is -2.25. The van der Waals surface area contributed by atoms with Crippen LogP contribution in [0.3, 0.4) is 0 Å². The van der Waals surface area contributed by atoms with Crippen LogP contribution in [0.2, 0.25) is 25.2 Å². The molecule has 0 fully saturated rings. The van der Waals surface area contributed by atoms with Crippen molar-refractivity contribution in [1.29, 1.82) is 0 Å². The summed E-state index contributed by atoms with van der Waals surface area (Å²) in [5.41, 5.74) is 1.85. The number of hydrogen-bond donors (Lipinski definition) is 0. The van der Waals surface area contributed by atoms with Crippen LogP contribution in [0.25, 0.3) is 0 Å². The molecule has 0 nitrogen and oxygen atoms in total. The lowest BCUT2D eigenvalue weighted by Crippen LogP contribution is -2.58. The highest BCUT2D eigenvalue weighted by atomic mass is 35.6. The molecule has 0 amide bonds. The van der Waals surface area contributed by atoms with Gasteiger partial charge in [-0.05, 0) is 22.8 Å². The van der Waals surface area contributed by atoms with Gasteiger partial charge in [0.05, 0.1) is 8.07 Å². The van der Waals surface area contributed by atoms with E-state index in [2.05, 4.69) is 88.9 Å². The molecule has 2 unspecified atom stereocenters. The van der Waals surface area contributed by atoms with Crippen molar-refractivity contribution in [3.63, 3.8) is 0 Å². The van der Waals surface area contributed by atoms with Gasteiger partial charge >= 0.3 is 0 Å². The zero-order valence-corrected chi connectivity index (χ0v) is 18.0. The van der Waals surface area contributed by atoms with Crippen molar-refractivity contribution >= 4 is 42.1 Å². The molecule has 23 heavy (non-hydrogen) atoms. The summed E-state index contributed by atoms with van der Waals surface area (Å²) < 4.78 is 0. The first kappa shape index (κ1) is 18.5. The van der Waals surface area contributed by atoms with E-state index >= 15 is 0 Å². The average Bonchev–Trinajstić information content (AvgIpc) is 2.52. The van der Waals surface area contributed by atoms with E-state index in [1.807, 2.05) is 0 Å². The second-order valence-electron chi connectivity index (χ2n) is 7.72. The number of rotatable bonds is 5. The molecule has 2 aromatic rings. The third kappa shape index (κ3) is 3.81. The van der Waals surface area contributed by atoms with Gasteiger partial charge in [0.2, 0.25) is 7.38 Å². The van der Waals surface area contributed by atoms with Crippen molar-refractivity contribution in [2.24, 2.45) is 0 Å². The Morgan fingerprint density at radius 3 is 2.00 bits per heavy atom. The van der Waals surface area contributed by atoms with Gasteiger partial charge in [-0.15, -0.1) is 0 Å². The van der Waals surface area contributed by atoms with Gasteiger partial charge < -0.3 is 0 Å². The molecule has 0 radical (unpaired) electrons. The molecule has 0 heterocycles. The quantitative estimate of drug-likeness (QED) is 0.538. The third-order valence-corrected chi connectivity index (χ3v) is 13.4. The minimum absolute atomic E-state index is 0.503. The molecular formula is C20H29ClSi2. The Morgan fingerprint density at radius 2 is 1.48 bits per heavy atom. The molecule has 2 atom stereocenters. The average molecular weight is 361 g/mol. The molecule has 0 aliphatic heterocycles. The first-order chi connectivity index (χ1) is 10.7. The van der Waals surface area contributed by atoms with Gasteiger partial charge in [-0.1, -0.05) is 99.2 Å². The van der Waals surface area contributed by atoms with Crippen molar-refractivity contribution in [2.75, 3.05) is 0 Å². The Balaban J connectivity index is 2.69. The highest BCUT2D eigenvalue weighted by Crippen LogP contribution is 2.28. The summed E-state index contributed by atoms with van der Waals surface area (Å²) in [7, 11) is -3.61. The lowest BCUT2D eigenvalue weighted by molar-refractivity contribution is 0.862. The minimum Gasteiger partial charge on any atom is -0.155 e. The lowest BCUT2D eigenvalue weighted by atomic mass is 10.2. The summed E-state index contributed by atoms with van der Waals surface area (Å²) in [6, 6.07) is 17.9. The molecule has 0 spiro atoms. The normalized spacial score (nSPS) is 16.0. The van der Waals surface area contributed by atoms with Gasteiger partial charge in [-0.2, -0.15) is 11.1 Å². The molecule has 0 saturated carbocycles. The molecule has 2 aromatic carbocycles. The van der Waals surface area contributed by atoms with E-state index < -0.39 is 15.5 Å². The highest BCUT2D eigenvalue weighted by Gasteiger charge is 2.41. The van der Waals surface area contributed by atoms with E-state index in [0.717, 1.165) is 6.42 Å². The van der Waals surface area contributed by atoms with Crippen LogP contribution in [-0.2, 0) is 0 Å². The van der Waals surface area contributed by atoms with Gasteiger partial charge in [0, 0.05) is 0 Å². The van der Waals surface area contributed by atoms with Crippen molar-refractivity contribution in [3.8, 4) is 0 Å². The van der Waals surface area contributed by atoms with E-state index in [1.165, 1.54) is 21.1 Å². The van der Waals surface area contributed by atoms with Crippen LogP contribution in [0.15, 0.2) is 48.5 Å². The van der Waals surface area contributed by atoms with E-state index in [9.17, 15) is 0 Å². The van der Waals surface area contributed by atoms with Crippen LogP contribution in [0, 0.1) is 6.92 Å². The molecule has 0 aliphatic rings. The van der Waals surface area contributed by atoms with Crippen molar-refractivity contribution < 1.29 is 0 Å². The summed E-state index contributed by atoms with van der Waals surface area (Å²) in [6.07, 6.45) is 1.11. The van der Waals surface area contributed by atoms with Gasteiger partial charge in [-0.25, -0.2) is 0 Å². The number of hydrogen-bond acceptors (Lipinski definition) is 0. The van der Waals surface area contributed by atoms with Crippen molar-refractivity contribution in [2.45, 2.75) is 52.4 Å². The Morgan fingerprint density at radius 1 is 0.913 bits per heavy atom. The second-order valence-corrected chi connectivity index (χ2v) is 18.2. The molecule has 0 aromatic heterocycles. The molecule has 0 bridgehead atoms. The number of benzene rings is 2. The van der Waals surface area contributed by atoms with E-state index in [-0.39, 0.29) is 0 Å². The van der Waals surface area contributed by atoms with E-state index in [4.69, 9.17) is 11.1 Å². The zero-order valence-electron chi connectivity index (χ0n) is 15.3. The number of aryl methyl sites for hydroxylation is 1. The first-order valence-corrected chi connectivity index (χ1v) is 15.2.